The maximum atomic E-state index is 10.3. The molecule has 0 aromatic heterocycles. The molecule has 0 spiro atoms. The van der Waals surface area contributed by atoms with Gasteiger partial charge in [0, 0.05) is 18.2 Å². The molecule has 0 saturated carbocycles. The Morgan fingerprint density at radius 3 is 1.89 bits per heavy atom. The van der Waals surface area contributed by atoms with Crippen LogP contribution in [0.2, 0.25) is 0 Å². The second kappa shape index (κ2) is 21.0. The maximum absolute atomic E-state index is 10.3. The van der Waals surface area contributed by atoms with Crippen LogP contribution in [-0.2, 0) is 19.1 Å². The van der Waals surface area contributed by atoms with Gasteiger partial charge in [-0.25, -0.2) is 9.59 Å². The lowest BCUT2D eigenvalue weighted by molar-refractivity contribution is -0.138. The summed E-state index contributed by atoms with van der Waals surface area (Å²) in [5.74, 6) is -0.724. The van der Waals surface area contributed by atoms with E-state index in [9.17, 15) is 9.59 Å². The topological polar surface area (TPSA) is 76.4 Å². The molecule has 0 radical (unpaired) electrons. The van der Waals surface area contributed by atoms with Gasteiger partial charge in [-0.15, -0.1) is 0 Å². The number of allylic oxidation sites excluding steroid dienone is 1. The van der Waals surface area contributed by atoms with Crippen LogP contribution >= 0.6 is 0 Å². The Morgan fingerprint density at radius 2 is 1.68 bits per heavy atom. The number of methoxy groups -OCH3 is 1. The lowest BCUT2D eigenvalue weighted by atomic mass is 10.4. The first-order valence-electron chi connectivity index (χ1n) is 5.53. The van der Waals surface area contributed by atoms with Gasteiger partial charge in [-0.3, -0.25) is 0 Å². The standard InChI is InChI=1S/C7H12O2.C4H6O2.C3H3N/c1-3-5-6-9-7(8)4-2;1-3-4(5)6-2;1-2-3-4/h4H,2-3,5-6H2,1H3;3H,1H2,2H3;2H,1H2. The molecule has 0 N–H and O–H groups in total. The third-order valence-corrected chi connectivity index (χ3v) is 1.37. The zero-order valence-electron chi connectivity index (χ0n) is 11.6. The molecule has 106 valence electrons. The molecule has 0 aliphatic heterocycles. The molecule has 5 nitrogen and oxygen atoms in total. The number of esters is 2. The molecule has 5 heteroatoms. The Kier molecular flexibility index (Phi) is 24.2. The van der Waals surface area contributed by atoms with Gasteiger partial charge in [0.25, 0.3) is 0 Å². The molecule has 0 aromatic rings. The minimum Gasteiger partial charge on any atom is -0.466 e. The van der Waals surface area contributed by atoms with Crippen LogP contribution in [0.25, 0.3) is 0 Å². The summed E-state index contributed by atoms with van der Waals surface area (Å²) in [6.45, 7) is 12.1. The predicted octanol–water partition coefficient (Wildman–Crippen LogP) is 2.56. The van der Waals surface area contributed by atoms with E-state index in [0.717, 1.165) is 18.9 Å². The SMILES string of the molecule is C=CC#N.C=CC(=O)OC.C=CC(=O)OCCCC. The molecule has 0 heterocycles. The average molecular weight is 267 g/mol. The van der Waals surface area contributed by atoms with E-state index in [1.54, 1.807) is 6.07 Å². The van der Waals surface area contributed by atoms with Crippen LogP contribution in [-0.4, -0.2) is 25.7 Å². The van der Waals surface area contributed by atoms with Crippen molar-refractivity contribution in [2.75, 3.05) is 13.7 Å². The monoisotopic (exact) mass is 267 g/mol. The van der Waals surface area contributed by atoms with Crippen molar-refractivity contribution in [3.63, 3.8) is 0 Å². The zero-order valence-corrected chi connectivity index (χ0v) is 11.6. The third-order valence-electron chi connectivity index (χ3n) is 1.37. The van der Waals surface area contributed by atoms with Crippen LogP contribution in [0.4, 0.5) is 0 Å². The van der Waals surface area contributed by atoms with E-state index in [0.29, 0.717) is 6.61 Å². The molecule has 0 unspecified atom stereocenters. The van der Waals surface area contributed by atoms with Crippen molar-refractivity contribution < 1.29 is 19.1 Å². The summed E-state index contributed by atoms with van der Waals surface area (Å²) in [5, 5.41) is 7.51. The molecular formula is C14H21NO4. The fraction of sp³-hybridized carbons (Fsp3) is 0.357. The van der Waals surface area contributed by atoms with Crippen LogP contribution in [0.3, 0.4) is 0 Å². The van der Waals surface area contributed by atoms with Gasteiger partial charge in [0.05, 0.1) is 19.8 Å². The zero-order chi connectivity index (χ0) is 15.5. The molecule has 19 heavy (non-hydrogen) atoms. The smallest absolute Gasteiger partial charge is 0.330 e. The first-order chi connectivity index (χ1) is 9.03. The number of carbonyl (C=O) groups excluding carboxylic acids is 2. The summed E-state index contributed by atoms with van der Waals surface area (Å²) < 4.78 is 8.82. The van der Waals surface area contributed by atoms with Crippen molar-refractivity contribution in [2.24, 2.45) is 0 Å². The molecule has 0 amide bonds. The van der Waals surface area contributed by atoms with E-state index < -0.39 is 5.97 Å². The summed E-state index contributed by atoms with van der Waals surface area (Å²) in [4.78, 5) is 20.2. The van der Waals surface area contributed by atoms with E-state index in [1.807, 2.05) is 6.92 Å². The fourth-order valence-electron chi connectivity index (χ4n) is 0.459. The number of ether oxygens (including phenoxy) is 2. The minimum absolute atomic E-state index is 0.330. The number of rotatable bonds is 5. The number of nitriles is 1. The van der Waals surface area contributed by atoms with Gasteiger partial charge in [0.15, 0.2) is 0 Å². The maximum Gasteiger partial charge on any atom is 0.330 e. The highest BCUT2D eigenvalue weighted by molar-refractivity contribution is 5.81. The van der Waals surface area contributed by atoms with Crippen molar-refractivity contribution in [3.8, 4) is 6.07 Å². The molecule has 0 bridgehead atoms. The lowest BCUT2D eigenvalue weighted by Crippen LogP contribution is -2.00. The highest BCUT2D eigenvalue weighted by Gasteiger charge is 1.91. The largest absolute Gasteiger partial charge is 0.466 e. The van der Waals surface area contributed by atoms with Crippen LogP contribution in [0.5, 0.6) is 0 Å². The lowest BCUT2D eigenvalue weighted by Gasteiger charge is -1.97. The molecule has 0 atom stereocenters. The van der Waals surface area contributed by atoms with Gasteiger partial charge in [0.2, 0.25) is 0 Å². The van der Waals surface area contributed by atoms with E-state index in [2.05, 4.69) is 29.2 Å². The van der Waals surface area contributed by atoms with E-state index in [1.165, 1.54) is 19.3 Å². The van der Waals surface area contributed by atoms with Crippen molar-refractivity contribution in [1.82, 2.24) is 0 Å². The summed E-state index contributed by atoms with van der Waals surface area (Å²) in [6.07, 6.45) is 5.44. The summed E-state index contributed by atoms with van der Waals surface area (Å²) in [5.41, 5.74) is 0. The van der Waals surface area contributed by atoms with Crippen LogP contribution in [0, 0.1) is 11.3 Å². The minimum atomic E-state index is -0.394. The van der Waals surface area contributed by atoms with Crippen molar-refractivity contribution >= 4 is 11.9 Å². The summed E-state index contributed by atoms with van der Waals surface area (Å²) in [7, 11) is 1.31. The summed E-state index contributed by atoms with van der Waals surface area (Å²) >= 11 is 0. The molecular weight excluding hydrogens is 246 g/mol. The first kappa shape index (κ1) is 21.9. The second-order valence-electron chi connectivity index (χ2n) is 2.79. The van der Waals surface area contributed by atoms with Gasteiger partial charge in [-0.2, -0.15) is 5.26 Å². The van der Waals surface area contributed by atoms with Gasteiger partial charge in [0.1, 0.15) is 0 Å². The van der Waals surface area contributed by atoms with Crippen molar-refractivity contribution in [3.05, 3.63) is 38.0 Å². The predicted molar refractivity (Wildman–Crippen MR) is 74.1 cm³/mol. The Hall–Kier alpha value is -2.35. The molecule has 0 rings (SSSR count). The number of hydrogen-bond donors (Lipinski definition) is 0. The number of nitrogens with zero attached hydrogens (tertiary/aromatic N) is 1. The Morgan fingerprint density at radius 1 is 1.21 bits per heavy atom. The molecule has 0 fully saturated rings. The van der Waals surface area contributed by atoms with Crippen LogP contribution in [0.15, 0.2) is 38.0 Å². The quantitative estimate of drug-likeness (QED) is 0.331. The second-order valence-corrected chi connectivity index (χ2v) is 2.79. The van der Waals surface area contributed by atoms with Gasteiger partial charge >= 0.3 is 11.9 Å². The number of hydrogen-bond acceptors (Lipinski definition) is 5. The molecule has 0 saturated heterocycles. The third kappa shape index (κ3) is 31.3. The van der Waals surface area contributed by atoms with E-state index in [-0.39, 0.29) is 5.97 Å². The molecule has 0 aromatic carbocycles. The number of unbranched alkanes of at least 4 members (excludes halogenated alkanes) is 1. The Bertz CT molecular complexity index is 316. The van der Waals surface area contributed by atoms with Crippen LogP contribution < -0.4 is 0 Å². The van der Waals surface area contributed by atoms with Crippen LogP contribution in [0.1, 0.15) is 19.8 Å². The fourth-order valence-corrected chi connectivity index (χ4v) is 0.459. The normalized spacial score (nSPS) is 7.00. The van der Waals surface area contributed by atoms with E-state index >= 15 is 0 Å². The first-order valence-corrected chi connectivity index (χ1v) is 5.53. The highest BCUT2D eigenvalue weighted by Crippen LogP contribution is 1.88. The van der Waals surface area contributed by atoms with Gasteiger partial charge < -0.3 is 9.47 Å². The average Bonchev–Trinajstić information content (AvgIpc) is 2.47. The van der Waals surface area contributed by atoms with Crippen molar-refractivity contribution in [1.29, 1.82) is 5.26 Å². The Balaban J connectivity index is -0.000000222. The number of carbonyl (C=O) groups is 2. The summed E-state index contributed by atoms with van der Waals surface area (Å²) in [6, 6.07) is 1.69. The van der Waals surface area contributed by atoms with Gasteiger partial charge in [-0.1, -0.05) is 33.1 Å². The van der Waals surface area contributed by atoms with Crippen molar-refractivity contribution in [2.45, 2.75) is 19.8 Å². The highest BCUT2D eigenvalue weighted by atomic mass is 16.5. The van der Waals surface area contributed by atoms with E-state index in [4.69, 9.17) is 5.26 Å². The molecule has 0 aliphatic rings. The Labute approximate surface area is 114 Å². The van der Waals surface area contributed by atoms with Gasteiger partial charge in [-0.05, 0) is 6.42 Å². The molecule has 0 aliphatic carbocycles.